The van der Waals surface area contributed by atoms with Crippen molar-refractivity contribution in [3.63, 3.8) is 0 Å². The topological polar surface area (TPSA) is 32.3 Å². The predicted octanol–water partition coefficient (Wildman–Crippen LogP) is 2.12. The zero-order valence-corrected chi connectivity index (χ0v) is 8.84. The first-order valence-electron chi connectivity index (χ1n) is 3.96. The zero-order chi connectivity index (χ0) is 10.6. The van der Waals surface area contributed by atoms with Gasteiger partial charge in [0.15, 0.2) is 0 Å². The average molecular weight is 242 g/mol. The molecule has 1 rings (SSSR count). The lowest BCUT2D eigenvalue weighted by atomic mass is 10.3. The molecule has 0 amide bonds. The first kappa shape index (κ1) is 11.8. The summed E-state index contributed by atoms with van der Waals surface area (Å²) in [5.41, 5.74) is 0. The van der Waals surface area contributed by atoms with Crippen LogP contribution in [0.2, 0.25) is 5.02 Å². The van der Waals surface area contributed by atoms with Crippen LogP contribution in [0.1, 0.15) is 4.88 Å². The first-order chi connectivity index (χ1) is 6.53. The highest BCUT2D eigenvalue weighted by atomic mass is 35.5. The molecular formula is C8H10ClF2NOS. The van der Waals surface area contributed by atoms with Crippen molar-refractivity contribution in [1.29, 1.82) is 0 Å². The van der Waals surface area contributed by atoms with Gasteiger partial charge in [0.25, 0.3) is 5.92 Å². The molecule has 0 fully saturated rings. The van der Waals surface area contributed by atoms with Crippen LogP contribution in [0.4, 0.5) is 8.78 Å². The van der Waals surface area contributed by atoms with E-state index in [0.717, 1.165) is 4.88 Å². The van der Waals surface area contributed by atoms with Gasteiger partial charge in [-0.1, -0.05) is 11.6 Å². The molecule has 6 heteroatoms. The molecule has 0 atom stereocenters. The summed E-state index contributed by atoms with van der Waals surface area (Å²) in [5, 5.41) is 13.2. The van der Waals surface area contributed by atoms with Crippen LogP contribution >= 0.6 is 22.9 Å². The number of aliphatic hydroxyl groups is 1. The number of halogens is 3. The second-order valence-electron chi connectivity index (χ2n) is 2.85. The predicted molar refractivity (Wildman–Crippen MR) is 53.1 cm³/mol. The van der Waals surface area contributed by atoms with Crippen molar-refractivity contribution in [2.45, 2.75) is 12.5 Å². The minimum Gasteiger partial charge on any atom is -0.390 e. The molecule has 0 bridgehead atoms. The van der Waals surface area contributed by atoms with Crippen LogP contribution in [0.15, 0.2) is 11.4 Å². The van der Waals surface area contributed by atoms with Gasteiger partial charge < -0.3 is 10.4 Å². The summed E-state index contributed by atoms with van der Waals surface area (Å²) >= 11 is 7.06. The number of thiophene rings is 1. The fourth-order valence-electron chi connectivity index (χ4n) is 0.871. The lowest BCUT2D eigenvalue weighted by molar-refractivity contribution is -0.0477. The number of alkyl halides is 2. The van der Waals surface area contributed by atoms with Crippen LogP contribution < -0.4 is 5.32 Å². The van der Waals surface area contributed by atoms with Gasteiger partial charge in [0.05, 0.1) is 11.6 Å². The SMILES string of the molecule is OCC(F)(F)CNCc1cc(Cl)cs1. The highest BCUT2D eigenvalue weighted by molar-refractivity contribution is 7.10. The van der Waals surface area contributed by atoms with E-state index in [2.05, 4.69) is 5.32 Å². The molecule has 0 aliphatic rings. The number of aliphatic hydroxyl groups excluding tert-OH is 1. The van der Waals surface area contributed by atoms with Crippen molar-refractivity contribution < 1.29 is 13.9 Å². The standard InChI is InChI=1S/C8H10ClF2NOS/c9-6-1-7(14-3-6)2-12-4-8(10,11)5-13/h1,3,12-13H,2,4-5H2. The second kappa shape index (κ2) is 5.02. The fourth-order valence-corrected chi connectivity index (χ4v) is 1.91. The molecule has 0 spiro atoms. The molecule has 2 N–H and O–H groups in total. The van der Waals surface area contributed by atoms with Crippen LogP contribution in [0.5, 0.6) is 0 Å². The maximum Gasteiger partial charge on any atom is 0.282 e. The molecule has 1 heterocycles. The number of hydrogen-bond donors (Lipinski definition) is 2. The molecule has 0 aliphatic carbocycles. The van der Waals surface area contributed by atoms with E-state index in [1.54, 1.807) is 11.4 Å². The van der Waals surface area contributed by atoms with Crippen molar-refractivity contribution in [1.82, 2.24) is 5.32 Å². The Hall–Kier alpha value is -0.230. The van der Waals surface area contributed by atoms with Crippen molar-refractivity contribution >= 4 is 22.9 Å². The Balaban J connectivity index is 2.28. The van der Waals surface area contributed by atoms with Crippen molar-refractivity contribution in [3.05, 3.63) is 21.3 Å². The van der Waals surface area contributed by atoms with E-state index >= 15 is 0 Å². The van der Waals surface area contributed by atoms with E-state index in [1.165, 1.54) is 11.3 Å². The number of rotatable bonds is 5. The van der Waals surface area contributed by atoms with Crippen LogP contribution in [-0.4, -0.2) is 24.2 Å². The molecule has 1 aromatic heterocycles. The zero-order valence-electron chi connectivity index (χ0n) is 7.27. The molecule has 2 nitrogen and oxygen atoms in total. The Labute approximate surface area is 89.5 Å². The molecule has 0 saturated carbocycles. The Morgan fingerprint density at radius 2 is 2.29 bits per heavy atom. The van der Waals surface area contributed by atoms with Crippen molar-refractivity contribution in [2.75, 3.05) is 13.2 Å². The molecule has 14 heavy (non-hydrogen) atoms. The maximum absolute atomic E-state index is 12.5. The lowest BCUT2D eigenvalue weighted by Crippen LogP contribution is -2.35. The summed E-state index contributed by atoms with van der Waals surface area (Å²) < 4.78 is 25.1. The van der Waals surface area contributed by atoms with E-state index < -0.39 is 19.1 Å². The molecule has 0 aliphatic heterocycles. The Morgan fingerprint density at radius 3 is 2.79 bits per heavy atom. The summed E-state index contributed by atoms with van der Waals surface area (Å²) in [4.78, 5) is 0.892. The molecular weight excluding hydrogens is 232 g/mol. The first-order valence-corrected chi connectivity index (χ1v) is 5.21. The Bertz CT molecular complexity index is 293. The van der Waals surface area contributed by atoms with Gasteiger partial charge in [0.2, 0.25) is 0 Å². The van der Waals surface area contributed by atoms with Crippen LogP contribution in [0.25, 0.3) is 0 Å². The molecule has 1 aromatic rings. The van der Waals surface area contributed by atoms with E-state index in [-0.39, 0.29) is 0 Å². The van der Waals surface area contributed by atoms with Gasteiger partial charge in [-0.05, 0) is 6.07 Å². The molecule has 0 aromatic carbocycles. The molecule has 0 radical (unpaired) electrons. The smallest absolute Gasteiger partial charge is 0.282 e. The molecule has 0 unspecified atom stereocenters. The van der Waals surface area contributed by atoms with E-state index in [4.69, 9.17) is 16.7 Å². The Morgan fingerprint density at radius 1 is 1.57 bits per heavy atom. The second-order valence-corrected chi connectivity index (χ2v) is 4.28. The number of nitrogens with one attached hydrogen (secondary N) is 1. The van der Waals surface area contributed by atoms with Gasteiger partial charge in [-0.2, -0.15) is 0 Å². The van der Waals surface area contributed by atoms with E-state index in [0.29, 0.717) is 11.6 Å². The summed E-state index contributed by atoms with van der Waals surface area (Å²) in [7, 11) is 0. The summed E-state index contributed by atoms with van der Waals surface area (Å²) in [6.45, 7) is -1.32. The highest BCUT2D eigenvalue weighted by Gasteiger charge is 2.26. The Kier molecular flexibility index (Phi) is 4.25. The maximum atomic E-state index is 12.5. The van der Waals surface area contributed by atoms with Crippen molar-refractivity contribution in [3.8, 4) is 0 Å². The lowest BCUT2D eigenvalue weighted by Gasteiger charge is -2.13. The van der Waals surface area contributed by atoms with E-state index in [9.17, 15) is 8.78 Å². The summed E-state index contributed by atoms with van der Waals surface area (Å²) in [5.74, 6) is -3.05. The van der Waals surface area contributed by atoms with Gasteiger partial charge in [0.1, 0.15) is 6.61 Å². The molecule has 80 valence electrons. The third kappa shape index (κ3) is 3.88. The van der Waals surface area contributed by atoms with Crippen LogP contribution in [0, 0.1) is 0 Å². The van der Waals surface area contributed by atoms with Gasteiger partial charge in [-0.15, -0.1) is 11.3 Å². The third-order valence-corrected chi connectivity index (χ3v) is 2.82. The highest BCUT2D eigenvalue weighted by Crippen LogP contribution is 2.19. The monoisotopic (exact) mass is 241 g/mol. The minimum absolute atomic E-state index is 0.340. The fraction of sp³-hybridized carbons (Fsp3) is 0.500. The van der Waals surface area contributed by atoms with Gasteiger partial charge in [-0.25, -0.2) is 8.78 Å². The third-order valence-electron chi connectivity index (χ3n) is 1.54. The van der Waals surface area contributed by atoms with E-state index in [1.807, 2.05) is 0 Å². The summed E-state index contributed by atoms with van der Waals surface area (Å²) in [6.07, 6.45) is 0. The normalized spacial score (nSPS) is 12.0. The van der Waals surface area contributed by atoms with Gasteiger partial charge >= 0.3 is 0 Å². The average Bonchev–Trinajstić information content (AvgIpc) is 2.51. The van der Waals surface area contributed by atoms with Crippen molar-refractivity contribution in [2.24, 2.45) is 0 Å². The van der Waals surface area contributed by atoms with Crippen LogP contribution in [-0.2, 0) is 6.54 Å². The van der Waals surface area contributed by atoms with Gasteiger partial charge in [-0.3, -0.25) is 0 Å². The minimum atomic E-state index is -3.05. The van der Waals surface area contributed by atoms with Crippen LogP contribution in [0.3, 0.4) is 0 Å². The molecule has 0 saturated heterocycles. The summed E-state index contributed by atoms with van der Waals surface area (Å²) in [6, 6.07) is 1.72. The van der Waals surface area contributed by atoms with Gasteiger partial charge in [0, 0.05) is 16.8 Å². The quantitative estimate of drug-likeness (QED) is 0.828. The largest absolute Gasteiger partial charge is 0.390 e. The number of hydrogen-bond acceptors (Lipinski definition) is 3.